The van der Waals surface area contributed by atoms with Gasteiger partial charge in [-0.25, -0.2) is 0 Å². The van der Waals surface area contributed by atoms with Gasteiger partial charge >= 0.3 is 0 Å². The maximum absolute atomic E-state index is 10.9. The van der Waals surface area contributed by atoms with Crippen molar-refractivity contribution in [1.82, 2.24) is 5.32 Å². The molecule has 0 aliphatic carbocycles. The Hall–Kier alpha value is -1.69. The van der Waals surface area contributed by atoms with Gasteiger partial charge in [0, 0.05) is 12.6 Å². The summed E-state index contributed by atoms with van der Waals surface area (Å²) >= 11 is 5.04. The summed E-state index contributed by atoms with van der Waals surface area (Å²) in [5.41, 5.74) is 1.29. The maximum Gasteiger partial charge on any atom is 0.292 e. The van der Waals surface area contributed by atoms with Crippen molar-refractivity contribution < 1.29 is 4.92 Å². The number of aryl methyl sites for hydroxylation is 1. The van der Waals surface area contributed by atoms with Crippen LogP contribution in [0.5, 0.6) is 0 Å². The first-order valence-electron chi connectivity index (χ1n) is 5.34. The molecule has 0 fully saturated rings. The molecule has 0 radical (unpaired) electrons. The molecule has 0 amide bonds. The highest BCUT2D eigenvalue weighted by molar-refractivity contribution is 7.80. The van der Waals surface area contributed by atoms with Crippen LogP contribution in [-0.2, 0) is 0 Å². The Morgan fingerprint density at radius 2 is 2.24 bits per heavy atom. The van der Waals surface area contributed by atoms with Crippen LogP contribution in [0.2, 0.25) is 0 Å². The van der Waals surface area contributed by atoms with Crippen molar-refractivity contribution >= 4 is 28.7 Å². The third kappa shape index (κ3) is 3.99. The van der Waals surface area contributed by atoms with E-state index in [1.54, 1.807) is 12.1 Å². The number of hydrogen-bond donors (Lipinski definition) is 2. The second-order valence-corrected chi connectivity index (χ2v) is 4.07. The Bertz CT molecular complexity index is 435. The Morgan fingerprint density at radius 1 is 1.53 bits per heavy atom. The van der Waals surface area contributed by atoms with E-state index in [0.29, 0.717) is 10.8 Å². The van der Waals surface area contributed by atoms with E-state index >= 15 is 0 Å². The number of benzene rings is 1. The van der Waals surface area contributed by atoms with Crippen molar-refractivity contribution in [2.45, 2.75) is 20.3 Å². The lowest BCUT2D eigenvalue weighted by Crippen LogP contribution is -2.29. The van der Waals surface area contributed by atoms with Gasteiger partial charge in [-0.15, -0.1) is 0 Å². The van der Waals surface area contributed by atoms with Crippen LogP contribution in [-0.4, -0.2) is 16.6 Å². The fourth-order valence-electron chi connectivity index (χ4n) is 1.30. The molecule has 17 heavy (non-hydrogen) atoms. The minimum atomic E-state index is -0.419. The summed E-state index contributed by atoms with van der Waals surface area (Å²) < 4.78 is 0. The molecule has 1 aromatic rings. The lowest BCUT2D eigenvalue weighted by molar-refractivity contribution is -0.383. The molecular formula is C11H15N3O2S. The predicted molar refractivity (Wildman–Crippen MR) is 72.3 cm³/mol. The summed E-state index contributed by atoms with van der Waals surface area (Å²) in [7, 11) is 0. The number of nitro benzene ring substituents is 1. The lowest BCUT2D eigenvalue weighted by Gasteiger charge is -2.10. The van der Waals surface area contributed by atoms with Gasteiger partial charge in [-0.3, -0.25) is 10.1 Å². The molecule has 0 bridgehead atoms. The highest BCUT2D eigenvalue weighted by Crippen LogP contribution is 2.25. The van der Waals surface area contributed by atoms with Crippen molar-refractivity contribution in [3.05, 3.63) is 33.9 Å². The molecule has 0 aromatic heterocycles. The molecule has 2 N–H and O–H groups in total. The molecule has 5 nitrogen and oxygen atoms in total. The van der Waals surface area contributed by atoms with Crippen molar-refractivity contribution in [2.75, 3.05) is 11.9 Å². The number of rotatable bonds is 4. The summed E-state index contributed by atoms with van der Waals surface area (Å²) in [4.78, 5) is 10.5. The van der Waals surface area contributed by atoms with Crippen LogP contribution in [0.25, 0.3) is 0 Å². The normalized spacial score (nSPS) is 9.76. The monoisotopic (exact) mass is 253 g/mol. The van der Waals surface area contributed by atoms with Crippen LogP contribution in [0.15, 0.2) is 18.2 Å². The number of anilines is 1. The smallest absolute Gasteiger partial charge is 0.292 e. The molecule has 0 atom stereocenters. The fraction of sp³-hybridized carbons (Fsp3) is 0.364. The molecule has 0 saturated carbocycles. The number of hydrogen-bond acceptors (Lipinski definition) is 3. The van der Waals surface area contributed by atoms with Gasteiger partial charge in [0.15, 0.2) is 5.11 Å². The average molecular weight is 253 g/mol. The molecule has 0 saturated heterocycles. The zero-order valence-corrected chi connectivity index (χ0v) is 10.6. The highest BCUT2D eigenvalue weighted by Gasteiger charge is 2.14. The van der Waals surface area contributed by atoms with Crippen molar-refractivity contribution in [2.24, 2.45) is 0 Å². The Morgan fingerprint density at radius 3 is 2.82 bits per heavy atom. The molecule has 0 spiro atoms. The van der Waals surface area contributed by atoms with Crippen molar-refractivity contribution in [3.8, 4) is 0 Å². The number of nitro groups is 1. The van der Waals surface area contributed by atoms with E-state index in [1.165, 1.54) is 6.07 Å². The van der Waals surface area contributed by atoms with Crippen LogP contribution >= 0.6 is 12.2 Å². The lowest BCUT2D eigenvalue weighted by atomic mass is 10.2. The van der Waals surface area contributed by atoms with E-state index < -0.39 is 4.92 Å². The third-order valence-electron chi connectivity index (χ3n) is 2.13. The van der Waals surface area contributed by atoms with Crippen LogP contribution in [0.1, 0.15) is 18.9 Å². The van der Waals surface area contributed by atoms with E-state index in [-0.39, 0.29) is 5.69 Å². The highest BCUT2D eigenvalue weighted by atomic mass is 32.1. The standard InChI is InChI=1S/C11H15N3O2S/c1-3-6-12-11(17)13-9-5-4-8(2)7-10(9)14(15)16/h4-5,7H,3,6H2,1-2H3,(H2,12,13,17). The van der Waals surface area contributed by atoms with Crippen LogP contribution < -0.4 is 10.6 Å². The molecule has 0 unspecified atom stereocenters. The first-order chi connectivity index (χ1) is 8.04. The molecule has 0 aliphatic rings. The minimum Gasteiger partial charge on any atom is -0.362 e. The molecule has 0 heterocycles. The fourth-order valence-corrected chi connectivity index (χ4v) is 1.52. The van der Waals surface area contributed by atoms with E-state index in [0.717, 1.165) is 18.5 Å². The van der Waals surface area contributed by atoms with Gasteiger partial charge in [0.05, 0.1) is 4.92 Å². The Kier molecular flexibility index (Phi) is 4.84. The zero-order chi connectivity index (χ0) is 12.8. The zero-order valence-electron chi connectivity index (χ0n) is 9.82. The summed E-state index contributed by atoms with van der Waals surface area (Å²) in [5.74, 6) is 0. The van der Waals surface area contributed by atoms with Crippen LogP contribution in [0.3, 0.4) is 0 Å². The summed E-state index contributed by atoms with van der Waals surface area (Å²) in [5, 5.41) is 17.1. The second kappa shape index (κ2) is 6.15. The Labute approximate surface area is 105 Å². The van der Waals surface area contributed by atoms with Gasteiger partial charge < -0.3 is 10.6 Å². The van der Waals surface area contributed by atoms with Crippen molar-refractivity contribution in [1.29, 1.82) is 0 Å². The van der Waals surface area contributed by atoms with Gasteiger partial charge in [-0.2, -0.15) is 0 Å². The van der Waals surface area contributed by atoms with Crippen LogP contribution in [0, 0.1) is 17.0 Å². The Balaban J connectivity index is 2.83. The maximum atomic E-state index is 10.9. The van der Waals surface area contributed by atoms with E-state index in [4.69, 9.17) is 12.2 Å². The van der Waals surface area contributed by atoms with Gasteiger partial charge in [0.1, 0.15) is 5.69 Å². The molecule has 6 heteroatoms. The molecule has 92 valence electrons. The molecular weight excluding hydrogens is 238 g/mol. The number of nitrogens with zero attached hydrogens (tertiary/aromatic N) is 1. The van der Waals surface area contributed by atoms with Gasteiger partial charge in [-0.05, 0) is 37.2 Å². The van der Waals surface area contributed by atoms with Crippen LogP contribution in [0.4, 0.5) is 11.4 Å². The first-order valence-corrected chi connectivity index (χ1v) is 5.75. The topological polar surface area (TPSA) is 67.2 Å². The van der Waals surface area contributed by atoms with E-state index in [9.17, 15) is 10.1 Å². The minimum absolute atomic E-state index is 0.0330. The van der Waals surface area contributed by atoms with Gasteiger partial charge in [-0.1, -0.05) is 13.0 Å². The summed E-state index contributed by atoms with van der Waals surface area (Å²) in [6.07, 6.45) is 0.942. The second-order valence-electron chi connectivity index (χ2n) is 3.66. The number of thiocarbonyl (C=S) groups is 1. The van der Waals surface area contributed by atoms with Crippen molar-refractivity contribution in [3.63, 3.8) is 0 Å². The van der Waals surface area contributed by atoms with E-state index in [1.807, 2.05) is 13.8 Å². The van der Waals surface area contributed by atoms with Gasteiger partial charge in [0.2, 0.25) is 0 Å². The molecule has 1 aromatic carbocycles. The summed E-state index contributed by atoms with van der Waals surface area (Å²) in [6, 6.07) is 4.98. The van der Waals surface area contributed by atoms with Gasteiger partial charge in [0.25, 0.3) is 5.69 Å². The third-order valence-corrected chi connectivity index (χ3v) is 2.38. The average Bonchev–Trinajstić information content (AvgIpc) is 2.28. The number of nitrogens with one attached hydrogen (secondary N) is 2. The quantitative estimate of drug-likeness (QED) is 0.490. The summed E-state index contributed by atoms with van der Waals surface area (Å²) in [6.45, 7) is 4.57. The SMILES string of the molecule is CCCNC(=S)Nc1ccc(C)cc1[N+](=O)[O-]. The first kappa shape index (κ1) is 13.4. The largest absolute Gasteiger partial charge is 0.362 e. The molecule has 1 rings (SSSR count). The predicted octanol–water partition coefficient (Wildman–Crippen LogP) is 2.60. The van der Waals surface area contributed by atoms with E-state index in [2.05, 4.69) is 10.6 Å². The molecule has 0 aliphatic heterocycles.